The zero-order valence-electron chi connectivity index (χ0n) is 22.4. The summed E-state index contributed by atoms with van der Waals surface area (Å²) < 4.78 is 23.8. The van der Waals surface area contributed by atoms with Crippen LogP contribution in [0.15, 0.2) is 68.6 Å². The minimum atomic E-state index is -0.791. The van der Waals surface area contributed by atoms with Crippen molar-refractivity contribution in [1.82, 2.24) is 4.57 Å². The van der Waals surface area contributed by atoms with E-state index in [-0.39, 0.29) is 40.0 Å². The van der Waals surface area contributed by atoms with Gasteiger partial charge in [0.25, 0.3) is 5.56 Å². The number of pyridine rings is 1. The first-order valence-corrected chi connectivity index (χ1v) is 13.3. The molecule has 9 heteroatoms. The van der Waals surface area contributed by atoms with Gasteiger partial charge in [0, 0.05) is 23.6 Å². The predicted octanol–water partition coefficient (Wildman–Crippen LogP) is 4.88. The van der Waals surface area contributed by atoms with E-state index in [1.54, 1.807) is 28.8 Å². The Balaban J connectivity index is 1.47. The number of methoxy groups -OCH3 is 2. The quantitative estimate of drug-likeness (QED) is 0.191. The summed E-state index contributed by atoms with van der Waals surface area (Å²) in [5, 5.41) is 12.5. The van der Waals surface area contributed by atoms with Gasteiger partial charge in [0.1, 0.15) is 22.6 Å². The molecule has 0 fully saturated rings. The largest absolute Gasteiger partial charge is 0.506 e. The van der Waals surface area contributed by atoms with E-state index in [1.165, 1.54) is 20.3 Å². The smallest absolute Gasteiger partial charge is 0.347 e. The standard InChI is InChI=1S/C32H25NO8/c1-38-22-10-8-17(14-24(22)39-2)26-29(35)19-9-11-23-27(30(19)41-32(26)37)20(15-25(34)40-23)21-13-18-6-3-5-16-7-4-12-33(28(16)18)31(21)36/h3,5-6,8-11,13-14,20,35H,4,7,12,15H2,1-2H3. The Hall–Kier alpha value is -5.05. The van der Waals surface area contributed by atoms with Gasteiger partial charge in [-0.2, -0.15) is 0 Å². The number of esters is 1. The van der Waals surface area contributed by atoms with E-state index in [9.17, 15) is 19.5 Å². The van der Waals surface area contributed by atoms with Crippen LogP contribution >= 0.6 is 0 Å². The van der Waals surface area contributed by atoms with Crippen molar-refractivity contribution in [2.24, 2.45) is 0 Å². The van der Waals surface area contributed by atoms with Crippen LogP contribution < -0.4 is 25.4 Å². The number of rotatable bonds is 4. The highest BCUT2D eigenvalue weighted by Gasteiger charge is 2.35. The second kappa shape index (κ2) is 9.26. The van der Waals surface area contributed by atoms with Gasteiger partial charge in [-0.1, -0.05) is 24.3 Å². The van der Waals surface area contributed by atoms with Crippen molar-refractivity contribution in [3.05, 3.63) is 92.1 Å². The topological polar surface area (TPSA) is 117 Å². The Morgan fingerprint density at radius 2 is 1.80 bits per heavy atom. The van der Waals surface area contributed by atoms with Crippen LogP contribution in [0.3, 0.4) is 0 Å². The van der Waals surface area contributed by atoms with Gasteiger partial charge >= 0.3 is 11.6 Å². The first-order chi connectivity index (χ1) is 19.9. The van der Waals surface area contributed by atoms with Gasteiger partial charge in [-0.05, 0) is 59.7 Å². The first-order valence-electron chi connectivity index (χ1n) is 13.3. The predicted molar refractivity (Wildman–Crippen MR) is 151 cm³/mol. The van der Waals surface area contributed by atoms with Gasteiger partial charge in [-0.15, -0.1) is 0 Å². The number of aromatic nitrogens is 1. The zero-order valence-corrected chi connectivity index (χ0v) is 22.4. The van der Waals surface area contributed by atoms with Gasteiger partial charge in [-0.3, -0.25) is 9.59 Å². The van der Waals surface area contributed by atoms with Crippen molar-refractivity contribution >= 4 is 27.8 Å². The fourth-order valence-corrected chi connectivity index (χ4v) is 6.25. The number of ether oxygens (including phenoxy) is 3. The Kier molecular flexibility index (Phi) is 5.64. The number of carbonyl (C=O) groups is 1. The lowest BCUT2D eigenvalue weighted by atomic mass is 9.84. The summed E-state index contributed by atoms with van der Waals surface area (Å²) in [7, 11) is 2.98. The van der Waals surface area contributed by atoms with Crippen LogP contribution in [0.25, 0.3) is 33.0 Å². The molecule has 1 N–H and O–H groups in total. The maximum atomic E-state index is 13.9. The minimum absolute atomic E-state index is 0.0505. The lowest BCUT2D eigenvalue weighted by molar-refractivity contribution is -0.135. The van der Waals surface area contributed by atoms with Gasteiger partial charge in [0.2, 0.25) is 0 Å². The minimum Gasteiger partial charge on any atom is -0.506 e. The van der Waals surface area contributed by atoms with Crippen LogP contribution in [0, 0.1) is 0 Å². The molecule has 0 saturated heterocycles. The fraction of sp³-hybridized carbons (Fsp3) is 0.219. The Morgan fingerprint density at radius 1 is 0.976 bits per heavy atom. The van der Waals surface area contributed by atoms with E-state index in [0.717, 1.165) is 29.3 Å². The van der Waals surface area contributed by atoms with E-state index < -0.39 is 17.5 Å². The fourth-order valence-electron chi connectivity index (χ4n) is 6.25. The molecule has 3 aromatic carbocycles. The molecule has 206 valence electrons. The number of hydrogen-bond donors (Lipinski definition) is 1. The molecular formula is C32H25NO8. The van der Waals surface area contributed by atoms with Crippen molar-refractivity contribution in [2.45, 2.75) is 31.7 Å². The zero-order chi connectivity index (χ0) is 28.4. The summed E-state index contributed by atoms with van der Waals surface area (Å²) in [6.07, 6.45) is 1.62. The number of hydrogen-bond acceptors (Lipinski definition) is 8. The number of aryl methyl sites for hydroxylation is 2. The molecule has 0 bridgehead atoms. The van der Waals surface area contributed by atoms with Crippen molar-refractivity contribution in [3.8, 4) is 34.1 Å². The van der Waals surface area contributed by atoms with Gasteiger partial charge < -0.3 is 28.3 Å². The SMILES string of the molecule is COc1ccc(-c2c(O)c3ccc4c(c3oc2=O)C(c2cc3cccc5c3n(c2=O)CCC5)CC(=O)O4)cc1OC. The van der Waals surface area contributed by atoms with E-state index in [4.69, 9.17) is 18.6 Å². The molecule has 0 radical (unpaired) electrons. The highest BCUT2D eigenvalue weighted by atomic mass is 16.5. The molecule has 41 heavy (non-hydrogen) atoms. The Labute approximate surface area is 233 Å². The highest BCUT2D eigenvalue weighted by molar-refractivity contribution is 5.96. The Bertz CT molecular complexity index is 2040. The number of fused-ring (bicyclic) bond motifs is 3. The average molecular weight is 552 g/mol. The summed E-state index contributed by atoms with van der Waals surface area (Å²) >= 11 is 0. The maximum Gasteiger partial charge on any atom is 0.347 e. The molecule has 2 aliphatic rings. The van der Waals surface area contributed by atoms with Crippen molar-refractivity contribution in [3.63, 3.8) is 0 Å². The monoisotopic (exact) mass is 551 g/mol. The lowest BCUT2D eigenvalue weighted by Gasteiger charge is -2.27. The van der Waals surface area contributed by atoms with E-state index >= 15 is 0 Å². The molecule has 0 spiro atoms. The number of para-hydroxylation sites is 1. The van der Waals surface area contributed by atoms with Crippen molar-refractivity contribution in [2.75, 3.05) is 14.2 Å². The molecule has 1 unspecified atom stereocenters. The van der Waals surface area contributed by atoms with Gasteiger partial charge in [-0.25, -0.2) is 4.79 Å². The summed E-state index contributed by atoms with van der Waals surface area (Å²) in [5.41, 5.74) is 2.22. The van der Waals surface area contributed by atoms with Crippen molar-refractivity contribution < 1.29 is 28.5 Å². The molecule has 1 atom stereocenters. The molecule has 7 rings (SSSR count). The molecule has 2 aliphatic heterocycles. The third kappa shape index (κ3) is 3.72. The lowest BCUT2D eigenvalue weighted by Crippen LogP contribution is -2.31. The average Bonchev–Trinajstić information content (AvgIpc) is 2.98. The maximum absolute atomic E-state index is 13.9. The molecule has 4 heterocycles. The van der Waals surface area contributed by atoms with E-state index in [0.29, 0.717) is 34.7 Å². The summed E-state index contributed by atoms with van der Waals surface area (Å²) in [6.45, 7) is 0.574. The second-order valence-electron chi connectivity index (χ2n) is 10.3. The van der Waals surface area contributed by atoms with Crippen LogP contribution in [0.2, 0.25) is 0 Å². The number of benzene rings is 3. The van der Waals surface area contributed by atoms with E-state index in [1.807, 2.05) is 24.3 Å². The van der Waals surface area contributed by atoms with Crippen LogP contribution in [0.4, 0.5) is 0 Å². The number of carbonyl (C=O) groups excluding carboxylic acids is 1. The van der Waals surface area contributed by atoms with Gasteiger partial charge in [0.15, 0.2) is 11.5 Å². The van der Waals surface area contributed by atoms with Crippen LogP contribution in [0.5, 0.6) is 23.0 Å². The molecule has 0 aliphatic carbocycles. The summed E-state index contributed by atoms with van der Waals surface area (Å²) in [6, 6.07) is 15.7. The molecule has 0 saturated carbocycles. The molecule has 5 aromatic rings. The molecule has 9 nitrogen and oxygen atoms in total. The number of nitrogens with zero attached hydrogens (tertiary/aromatic N) is 1. The molecule has 0 amide bonds. The highest BCUT2D eigenvalue weighted by Crippen LogP contribution is 2.46. The molecular weight excluding hydrogens is 526 g/mol. The third-order valence-electron chi connectivity index (χ3n) is 8.09. The van der Waals surface area contributed by atoms with Crippen LogP contribution in [-0.4, -0.2) is 29.9 Å². The number of aromatic hydroxyl groups is 1. The Morgan fingerprint density at radius 3 is 2.61 bits per heavy atom. The van der Waals surface area contributed by atoms with Crippen LogP contribution in [-0.2, 0) is 17.8 Å². The normalized spacial score (nSPS) is 16.0. The van der Waals surface area contributed by atoms with Crippen LogP contribution in [0.1, 0.15) is 35.4 Å². The summed E-state index contributed by atoms with van der Waals surface area (Å²) in [4.78, 5) is 40.0. The first kappa shape index (κ1) is 25.0. The molecule has 2 aromatic heterocycles. The van der Waals surface area contributed by atoms with Crippen molar-refractivity contribution in [1.29, 1.82) is 0 Å². The summed E-state index contributed by atoms with van der Waals surface area (Å²) in [5.74, 6) is -0.500. The van der Waals surface area contributed by atoms with Gasteiger partial charge in [0.05, 0.1) is 31.5 Å². The second-order valence-corrected chi connectivity index (χ2v) is 10.3. The third-order valence-corrected chi connectivity index (χ3v) is 8.09. The van der Waals surface area contributed by atoms with E-state index in [2.05, 4.69) is 0 Å².